The van der Waals surface area contributed by atoms with Gasteiger partial charge in [-0.15, -0.1) is 0 Å². The second-order valence-electron chi connectivity index (χ2n) is 7.07. The molecular formula is C21H25N3O3. The number of aromatic nitrogens is 1. The van der Waals surface area contributed by atoms with Gasteiger partial charge in [-0.1, -0.05) is 35.5 Å². The van der Waals surface area contributed by atoms with Crippen molar-refractivity contribution in [1.29, 1.82) is 0 Å². The van der Waals surface area contributed by atoms with Crippen LogP contribution in [0.5, 0.6) is 5.75 Å². The highest BCUT2D eigenvalue weighted by Crippen LogP contribution is 2.31. The summed E-state index contributed by atoms with van der Waals surface area (Å²) in [6, 6.07) is 13.8. The average Bonchev–Trinajstić information content (AvgIpc) is 3.09. The van der Waals surface area contributed by atoms with E-state index in [0.717, 1.165) is 49.4 Å². The van der Waals surface area contributed by atoms with Gasteiger partial charge in [-0.25, -0.2) is 0 Å². The molecule has 1 aliphatic heterocycles. The minimum atomic E-state index is 0.197. The molecule has 27 heavy (non-hydrogen) atoms. The Kier molecular flexibility index (Phi) is 5.38. The van der Waals surface area contributed by atoms with Crippen LogP contribution in [-0.4, -0.2) is 64.5 Å². The molecule has 6 nitrogen and oxygen atoms in total. The molecule has 2 heterocycles. The number of aliphatic hydroxyl groups excluding tert-OH is 1. The van der Waals surface area contributed by atoms with Gasteiger partial charge in [0.05, 0.1) is 17.9 Å². The van der Waals surface area contributed by atoms with E-state index in [4.69, 9.17) is 9.63 Å². The molecule has 0 radical (unpaired) electrons. The number of phenolic OH excluding ortho intramolecular Hbond substituents is 1. The molecule has 0 atom stereocenters. The van der Waals surface area contributed by atoms with Crippen molar-refractivity contribution in [2.45, 2.75) is 13.0 Å². The lowest BCUT2D eigenvalue weighted by Crippen LogP contribution is -2.46. The van der Waals surface area contributed by atoms with Gasteiger partial charge in [0, 0.05) is 51.1 Å². The predicted octanol–water partition coefficient (Wildman–Crippen LogP) is 2.23. The first-order chi connectivity index (χ1) is 13.2. The maximum atomic E-state index is 10.4. The van der Waals surface area contributed by atoms with Gasteiger partial charge in [0.1, 0.15) is 5.75 Å². The number of aromatic hydroxyl groups is 1. The fourth-order valence-corrected chi connectivity index (χ4v) is 3.70. The van der Waals surface area contributed by atoms with Gasteiger partial charge in [0.25, 0.3) is 0 Å². The smallest absolute Gasteiger partial charge is 0.175 e. The van der Waals surface area contributed by atoms with E-state index in [9.17, 15) is 5.11 Å². The second-order valence-corrected chi connectivity index (χ2v) is 7.07. The van der Waals surface area contributed by atoms with E-state index in [1.807, 2.05) is 24.3 Å². The van der Waals surface area contributed by atoms with E-state index in [0.29, 0.717) is 18.5 Å². The zero-order valence-corrected chi connectivity index (χ0v) is 15.3. The van der Waals surface area contributed by atoms with Crippen LogP contribution in [0.2, 0.25) is 0 Å². The van der Waals surface area contributed by atoms with Gasteiger partial charge >= 0.3 is 0 Å². The molecule has 1 aromatic heterocycles. The van der Waals surface area contributed by atoms with E-state index >= 15 is 0 Å². The summed E-state index contributed by atoms with van der Waals surface area (Å²) >= 11 is 0. The van der Waals surface area contributed by atoms with Crippen LogP contribution in [0.3, 0.4) is 0 Å². The molecular weight excluding hydrogens is 342 g/mol. The minimum absolute atomic E-state index is 0.197. The molecule has 0 aliphatic carbocycles. The molecule has 1 fully saturated rings. The summed E-state index contributed by atoms with van der Waals surface area (Å²) in [4.78, 5) is 4.56. The Balaban J connectivity index is 1.54. The first kappa shape index (κ1) is 18.0. The van der Waals surface area contributed by atoms with E-state index < -0.39 is 0 Å². The number of piperazine rings is 1. The molecule has 142 valence electrons. The Bertz CT molecular complexity index is 886. The first-order valence-electron chi connectivity index (χ1n) is 9.43. The molecule has 1 saturated heterocycles. The Hall–Kier alpha value is -2.41. The van der Waals surface area contributed by atoms with Crippen LogP contribution in [0.15, 0.2) is 47.0 Å². The highest BCUT2D eigenvalue weighted by atomic mass is 16.5. The maximum Gasteiger partial charge on any atom is 0.175 e. The van der Waals surface area contributed by atoms with Crippen molar-refractivity contribution in [2.75, 3.05) is 39.3 Å². The van der Waals surface area contributed by atoms with E-state index in [2.05, 4.69) is 27.1 Å². The molecule has 0 amide bonds. The predicted molar refractivity (Wildman–Crippen MR) is 104 cm³/mol. The number of nitrogens with zero attached hydrogens (tertiary/aromatic N) is 3. The quantitative estimate of drug-likeness (QED) is 0.696. The van der Waals surface area contributed by atoms with Gasteiger partial charge in [-0.3, -0.25) is 9.80 Å². The Morgan fingerprint density at radius 2 is 1.70 bits per heavy atom. The summed E-state index contributed by atoms with van der Waals surface area (Å²) in [6.07, 6.45) is 0.706. The molecule has 0 unspecified atom stereocenters. The molecule has 1 aliphatic rings. The van der Waals surface area contributed by atoms with Crippen LogP contribution < -0.4 is 0 Å². The Labute approximate surface area is 158 Å². The second kappa shape index (κ2) is 8.08. The van der Waals surface area contributed by atoms with Crippen LogP contribution in [0.4, 0.5) is 0 Å². The Morgan fingerprint density at radius 3 is 2.44 bits per heavy atom. The van der Waals surface area contributed by atoms with Crippen LogP contribution in [0, 0.1) is 0 Å². The van der Waals surface area contributed by atoms with E-state index in [1.54, 1.807) is 6.07 Å². The van der Waals surface area contributed by atoms with Crippen molar-refractivity contribution < 1.29 is 14.7 Å². The summed E-state index contributed by atoms with van der Waals surface area (Å²) in [6.45, 7) is 5.21. The molecule has 6 heteroatoms. The maximum absolute atomic E-state index is 10.4. The van der Waals surface area contributed by atoms with Crippen molar-refractivity contribution in [1.82, 2.24) is 15.0 Å². The minimum Gasteiger partial charge on any atom is -0.507 e. The van der Waals surface area contributed by atoms with Gasteiger partial charge in [-0.05, 0) is 17.7 Å². The van der Waals surface area contributed by atoms with Crippen molar-refractivity contribution in [3.05, 3.63) is 59.3 Å². The molecule has 0 saturated carbocycles. The highest BCUT2D eigenvalue weighted by Gasteiger charge is 2.21. The van der Waals surface area contributed by atoms with Gasteiger partial charge in [-0.2, -0.15) is 0 Å². The number of benzene rings is 2. The third-order valence-electron chi connectivity index (χ3n) is 5.27. The summed E-state index contributed by atoms with van der Waals surface area (Å²) < 4.78 is 5.65. The van der Waals surface area contributed by atoms with Crippen LogP contribution in [-0.2, 0) is 13.0 Å². The van der Waals surface area contributed by atoms with Crippen LogP contribution in [0.25, 0.3) is 11.0 Å². The lowest BCUT2D eigenvalue weighted by atomic mass is 10.0. The summed E-state index contributed by atoms with van der Waals surface area (Å²) in [7, 11) is 0. The molecule has 4 rings (SSSR count). The van der Waals surface area contributed by atoms with Gasteiger partial charge in [0.2, 0.25) is 0 Å². The normalized spacial score (nSPS) is 16.2. The lowest BCUT2D eigenvalue weighted by molar-refractivity contribution is 0.108. The van der Waals surface area contributed by atoms with E-state index in [-0.39, 0.29) is 12.4 Å². The number of β-amino-alcohol motifs (C(OH)–C–C–N with tert-alkyl or cyclic N) is 1. The molecule has 2 N–H and O–H groups in total. The summed E-state index contributed by atoms with van der Waals surface area (Å²) in [5.41, 5.74) is 3.56. The average molecular weight is 367 g/mol. The number of hydrogen-bond donors (Lipinski definition) is 2. The number of rotatable bonds is 6. The van der Waals surface area contributed by atoms with Gasteiger partial charge < -0.3 is 14.7 Å². The van der Waals surface area contributed by atoms with Crippen LogP contribution in [0.1, 0.15) is 16.8 Å². The highest BCUT2D eigenvalue weighted by molar-refractivity contribution is 5.84. The third kappa shape index (κ3) is 3.98. The zero-order valence-electron chi connectivity index (χ0n) is 15.3. The standard InChI is InChI=1S/C21H25N3O3/c25-13-12-23-8-10-24(11-9-23)15-18-20(26)7-6-17-19(22-27-21(17)18)14-16-4-2-1-3-5-16/h1-7,25-26H,8-15H2. The van der Waals surface area contributed by atoms with Crippen molar-refractivity contribution in [3.63, 3.8) is 0 Å². The lowest BCUT2D eigenvalue weighted by Gasteiger charge is -2.34. The van der Waals surface area contributed by atoms with Crippen LogP contribution >= 0.6 is 0 Å². The topological polar surface area (TPSA) is 73.0 Å². The first-order valence-corrected chi connectivity index (χ1v) is 9.43. The number of phenols is 1. The molecule has 3 aromatic rings. The summed E-state index contributed by atoms with van der Waals surface area (Å²) in [5, 5.41) is 24.7. The van der Waals surface area contributed by atoms with E-state index in [1.165, 1.54) is 5.56 Å². The Morgan fingerprint density at radius 1 is 0.963 bits per heavy atom. The fraction of sp³-hybridized carbons (Fsp3) is 0.381. The van der Waals surface area contributed by atoms with Crippen molar-refractivity contribution in [2.24, 2.45) is 0 Å². The molecule has 0 spiro atoms. The van der Waals surface area contributed by atoms with Crippen molar-refractivity contribution >= 4 is 11.0 Å². The number of fused-ring (bicyclic) bond motifs is 1. The monoisotopic (exact) mass is 367 g/mol. The molecule has 2 aromatic carbocycles. The largest absolute Gasteiger partial charge is 0.507 e. The number of aliphatic hydroxyl groups is 1. The summed E-state index contributed by atoms with van der Waals surface area (Å²) in [5.74, 6) is 0.252. The fourth-order valence-electron chi connectivity index (χ4n) is 3.70. The number of hydrogen-bond acceptors (Lipinski definition) is 6. The van der Waals surface area contributed by atoms with Crippen molar-refractivity contribution in [3.8, 4) is 5.75 Å². The zero-order chi connectivity index (χ0) is 18.6. The van der Waals surface area contributed by atoms with Gasteiger partial charge in [0.15, 0.2) is 5.58 Å². The third-order valence-corrected chi connectivity index (χ3v) is 5.27. The SMILES string of the molecule is OCCN1CCN(Cc2c(O)ccc3c(Cc4ccccc4)noc23)CC1. The molecule has 0 bridgehead atoms.